The van der Waals surface area contributed by atoms with Crippen molar-refractivity contribution >= 4 is 11.6 Å². The Hall–Kier alpha value is -2.13. The maximum atomic E-state index is 12.5. The van der Waals surface area contributed by atoms with Crippen LogP contribution >= 0.6 is 0 Å². The molecule has 2 atom stereocenters. The Morgan fingerprint density at radius 3 is 2.50 bits per heavy atom. The molecular weight excluding hydrogens is 248 g/mol. The Balaban J connectivity index is 1.83. The van der Waals surface area contributed by atoms with E-state index in [1.54, 1.807) is 11.9 Å². The number of para-hydroxylation sites is 1. The Labute approximate surface area is 119 Å². The van der Waals surface area contributed by atoms with Gasteiger partial charge in [-0.3, -0.25) is 4.79 Å². The second-order valence-electron chi connectivity index (χ2n) is 5.33. The van der Waals surface area contributed by atoms with Gasteiger partial charge in [-0.15, -0.1) is 0 Å². The highest BCUT2D eigenvalue weighted by Gasteiger charge is 2.35. The molecule has 2 unspecified atom stereocenters. The molecule has 3 rings (SSSR count). The number of hydrogen-bond donors (Lipinski definition) is 1. The Morgan fingerprint density at radius 1 is 1.15 bits per heavy atom. The SMILES string of the molecule is CN(C(=O)c1cccc(C2CC2N)c1)c1ccccc1. The fourth-order valence-corrected chi connectivity index (χ4v) is 2.46. The second-order valence-corrected chi connectivity index (χ2v) is 5.33. The largest absolute Gasteiger partial charge is 0.327 e. The number of carbonyl (C=O) groups excluding carboxylic acids is 1. The molecule has 2 N–H and O–H groups in total. The fourth-order valence-electron chi connectivity index (χ4n) is 2.46. The average molecular weight is 266 g/mol. The van der Waals surface area contributed by atoms with Crippen molar-refractivity contribution in [2.45, 2.75) is 18.4 Å². The van der Waals surface area contributed by atoms with Crippen LogP contribution in [-0.4, -0.2) is 19.0 Å². The first kappa shape index (κ1) is 12.9. The van der Waals surface area contributed by atoms with Crippen LogP contribution in [0.15, 0.2) is 54.6 Å². The van der Waals surface area contributed by atoms with Gasteiger partial charge in [0.2, 0.25) is 0 Å². The zero-order valence-corrected chi connectivity index (χ0v) is 11.5. The number of rotatable bonds is 3. The molecule has 0 saturated heterocycles. The van der Waals surface area contributed by atoms with Gasteiger partial charge >= 0.3 is 0 Å². The maximum Gasteiger partial charge on any atom is 0.258 e. The van der Waals surface area contributed by atoms with Gasteiger partial charge in [0.05, 0.1) is 0 Å². The van der Waals surface area contributed by atoms with E-state index in [0.29, 0.717) is 11.5 Å². The van der Waals surface area contributed by atoms with Gasteiger partial charge in [0, 0.05) is 30.3 Å². The average Bonchev–Trinajstić information content (AvgIpc) is 3.24. The first-order chi connectivity index (χ1) is 9.66. The van der Waals surface area contributed by atoms with Crippen molar-refractivity contribution in [2.24, 2.45) is 5.73 Å². The van der Waals surface area contributed by atoms with E-state index in [1.165, 1.54) is 5.56 Å². The number of carbonyl (C=O) groups is 1. The Bertz CT molecular complexity index is 624. The minimum Gasteiger partial charge on any atom is -0.327 e. The van der Waals surface area contributed by atoms with Crippen molar-refractivity contribution in [1.29, 1.82) is 0 Å². The third-order valence-electron chi connectivity index (χ3n) is 3.85. The molecule has 102 valence electrons. The lowest BCUT2D eigenvalue weighted by atomic mass is 10.1. The molecule has 1 amide bonds. The molecule has 1 saturated carbocycles. The summed E-state index contributed by atoms with van der Waals surface area (Å²) in [6.45, 7) is 0. The van der Waals surface area contributed by atoms with Crippen LogP contribution in [0, 0.1) is 0 Å². The molecule has 1 aliphatic carbocycles. The van der Waals surface area contributed by atoms with Gasteiger partial charge in [-0.25, -0.2) is 0 Å². The minimum absolute atomic E-state index is 0.00673. The lowest BCUT2D eigenvalue weighted by molar-refractivity contribution is 0.0993. The van der Waals surface area contributed by atoms with Gasteiger partial charge in [0.25, 0.3) is 5.91 Å². The standard InChI is InChI=1S/C17H18N2O/c1-19(14-8-3-2-4-9-14)17(20)13-7-5-6-12(10-13)15-11-16(15)18/h2-10,15-16H,11,18H2,1H3. The first-order valence-electron chi connectivity index (χ1n) is 6.85. The van der Waals surface area contributed by atoms with E-state index in [-0.39, 0.29) is 11.9 Å². The van der Waals surface area contributed by atoms with E-state index in [9.17, 15) is 4.79 Å². The minimum atomic E-state index is 0.00673. The van der Waals surface area contributed by atoms with Crippen molar-refractivity contribution in [3.05, 3.63) is 65.7 Å². The van der Waals surface area contributed by atoms with Crippen LogP contribution in [0.3, 0.4) is 0 Å². The highest BCUT2D eigenvalue weighted by molar-refractivity contribution is 6.05. The van der Waals surface area contributed by atoms with Crippen molar-refractivity contribution in [3.8, 4) is 0 Å². The molecule has 0 heterocycles. The number of anilines is 1. The van der Waals surface area contributed by atoms with Crippen molar-refractivity contribution in [2.75, 3.05) is 11.9 Å². The molecule has 0 radical (unpaired) electrons. The van der Waals surface area contributed by atoms with Gasteiger partial charge in [-0.05, 0) is 36.2 Å². The Morgan fingerprint density at radius 2 is 1.85 bits per heavy atom. The normalized spacial score (nSPS) is 20.5. The smallest absolute Gasteiger partial charge is 0.258 e. The fraction of sp³-hybridized carbons (Fsp3) is 0.235. The topological polar surface area (TPSA) is 46.3 Å². The predicted octanol–water partition coefficient (Wildman–Crippen LogP) is 2.78. The first-order valence-corrected chi connectivity index (χ1v) is 6.85. The molecule has 0 bridgehead atoms. The third-order valence-corrected chi connectivity index (χ3v) is 3.85. The van der Waals surface area contributed by atoms with E-state index in [4.69, 9.17) is 5.73 Å². The quantitative estimate of drug-likeness (QED) is 0.928. The molecule has 0 aliphatic heterocycles. The molecule has 20 heavy (non-hydrogen) atoms. The summed E-state index contributed by atoms with van der Waals surface area (Å²) in [5, 5.41) is 0. The summed E-state index contributed by atoms with van der Waals surface area (Å²) < 4.78 is 0. The molecular formula is C17H18N2O. The Kier molecular flexibility index (Phi) is 3.28. The molecule has 1 aliphatic rings. The van der Waals surface area contributed by atoms with Gasteiger partial charge in [-0.1, -0.05) is 30.3 Å². The second kappa shape index (κ2) is 5.10. The van der Waals surface area contributed by atoms with E-state index < -0.39 is 0 Å². The van der Waals surface area contributed by atoms with E-state index in [2.05, 4.69) is 6.07 Å². The zero-order valence-electron chi connectivity index (χ0n) is 11.5. The monoisotopic (exact) mass is 266 g/mol. The van der Waals surface area contributed by atoms with Crippen LogP contribution in [0.25, 0.3) is 0 Å². The maximum absolute atomic E-state index is 12.5. The van der Waals surface area contributed by atoms with Crippen LogP contribution in [-0.2, 0) is 0 Å². The molecule has 2 aromatic carbocycles. The molecule has 3 heteroatoms. The predicted molar refractivity (Wildman–Crippen MR) is 81.0 cm³/mol. The summed E-state index contributed by atoms with van der Waals surface area (Å²) in [4.78, 5) is 14.2. The summed E-state index contributed by atoms with van der Waals surface area (Å²) >= 11 is 0. The summed E-state index contributed by atoms with van der Waals surface area (Å²) in [6.07, 6.45) is 1.02. The van der Waals surface area contributed by atoms with Gasteiger partial charge < -0.3 is 10.6 Å². The molecule has 0 spiro atoms. The zero-order chi connectivity index (χ0) is 14.1. The molecule has 3 nitrogen and oxygen atoms in total. The number of amides is 1. The highest BCUT2D eigenvalue weighted by atomic mass is 16.2. The number of hydrogen-bond acceptors (Lipinski definition) is 2. The molecule has 2 aromatic rings. The van der Waals surface area contributed by atoms with Gasteiger partial charge in [-0.2, -0.15) is 0 Å². The summed E-state index contributed by atoms with van der Waals surface area (Å²) in [6, 6.07) is 17.7. The van der Waals surface area contributed by atoms with Crippen LogP contribution in [0.2, 0.25) is 0 Å². The molecule has 1 fully saturated rings. The van der Waals surface area contributed by atoms with Crippen LogP contribution in [0.4, 0.5) is 5.69 Å². The number of benzene rings is 2. The van der Waals surface area contributed by atoms with Crippen LogP contribution in [0.5, 0.6) is 0 Å². The van der Waals surface area contributed by atoms with E-state index in [0.717, 1.165) is 12.1 Å². The van der Waals surface area contributed by atoms with Crippen molar-refractivity contribution in [1.82, 2.24) is 0 Å². The summed E-state index contributed by atoms with van der Waals surface area (Å²) in [7, 11) is 1.80. The van der Waals surface area contributed by atoms with Crippen LogP contribution in [0.1, 0.15) is 28.3 Å². The highest BCUT2D eigenvalue weighted by Crippen LogP contribution is 2.39. The van der Waals surface area contributed by atoms with Gasteiger partial charge in [0.1, 0.15) is 0 Å². The number of nitrogens with zero attached hydrogens (tertiary/aromatic N) is 1. The lowest BCUT2D eigenvalue weighted by Crippen LogP contribution is -2.26. The van der Waals surface area contributed by atoms with Crippen molar-refractivity contribution in [3.63, 3.8) is 0 Å². The third kappa shape index (κ3) is 2.45. The number of nitrogens with two attached hydrogens (primary N) is 1. The van der Waals surface area contributed by atoms with Gasteiger partial charge in [0.15, 0.2) is 0 Å². The van der Waals surface area contributed by atoms with E-state index in [1.807, 2.05) is 48.5 Å². The van der Waals surface area contributed by atoms with Crippen LogP contribution < -0.4 is 10.6 Å². The summed E-state index contributed by atoms with van der Waals surface area (Å²) in [5.41, 5.74) is 8.66. The van der Waals surface area contributed by atoms with E-state index >= 15 is 0 Å². The lowest BCUT2D eigenvalue weighted by Gasteiger charge is -2.17. The summed E-state index contributed by atoms with van der Waals surface area (Å²) in [5.74, 6) is 0.428. The molecule has 0 aromatic heterocycles. The van der Waals surface area contributed by atoms with Crippen molar-refractivity contribution < 1.29 is 4.79 Å².